The predicted molar refractivity (Wildman–Crippen MR) is 214 cm³/mol. The molecule has 1 saturated carbocycles. The molecule has 0 aromatic heterocycles. The van der Waals surface area contributed by atoms with Gasteiger partial charge in [-0.15, -0.1) is 0 Å². The number of methoxy groups -OCH3 is 1. The van der Waals surface area contributed by atoms with Crippen LogP contribution in [0.1, 0.15) is 101 Å². The van der Waals surface area contributed by atoms with Crippen molar-refractivity contribution in [3.05, 3.63) is 131 Å². The molecule has 51 heavy (non-hydrogen) atoms. The lowest BCUT2D eigenvalue weighted by atomic mass is 9.60. The van der Waals surface area contributed by atoms with E-state index >= 15 is 0 Å². The molecule has 262 valence electrons. The molecule has 3 aliphatic rings. The van der Waals surface area contributed by atoms with Crippen LogP contribution < -0.4 is 14.4 Å². The van der Waals surface area contributed by atoms with Crippen molar-refractivity contribution < 1.29 is 9.47 Å². The Morgan fingerprint density at radius 3 is 2.06 bits per heavy atom. The van der Waals surface area contributed by atoms with Gasteiger partial charge in [0.25, 0.3) is 0 Å². The van der Waals surface area contributed by atoms with Crippen molar-refractivity contribution in [3.63, 3.8) is 0 Å². The molecule has 8 rings (SSSR count). The maximum atomic E-state index is 7.72. The van der Waals surface area contributed by atoms with E-state index in [1.165, 1.54) is 64.6 Å². The molecule has 0 N–H and O–H groups in total. The highest BCUT2D eigenvalue weighted by atomic mass is 16.5. The molecule has 0 amide bonds. The summed E-state index contributed by atoms with van der Waals surface area (Å²) in [5.74, 6) is 1.79. The zero-order valence-corrected chi connectivity index (χ0v) is 31.6. The zero-order valence-electron chi connectivity index (χ0n) is 31.6. The van der Waals surface area contributed by atoms with E-state index in [0.717, 1.165) is 47.4 Å². The Morgan fingerprint density at radius 2 is 1.39 bits per heavy atom. The highest BCUT2D eigenvalue weighted by Crippen LogP contribution is 2.64. The molecule has 0 bridgehead atoms. The second-order valence-electron chi connectivity index (χ2n) is 17.0. The monoisotopic (exact) mass is 675 g/mol. The van der Waals surface area contributed by atoms with E-state index in [9.17, 15) is 0 Å². The Bertz CT molecular complexity index is 2100. The highest BCUT2D eigenvalue weighted by Gasteiger charge is 2.52. The van der Waals surface area contributed by atoms with Gasteiger partial charge in [-0.25, -0.2) is 0 Å². The minimum atomic E-state index is -0.808. The van der Waals surface area contributed by atoms with Gasteiger partial charge in [0.15, 0.2) is 5.60 Å². The van der Waals surface area contributed by atoms with E-state index in [1.54, 1.807) is 7.11 Å². The van der Waals surface area contributed by atoms with Gasteiger partial charge in [-0.2, -0.15) is 0 Å². The first kappa shape index (κ1) is 33.6. The molecule has 1 atom stereocenters. The molecule has 0 saturated heterocycles. The second kappa shape index (κ2) is 12.3. The van der Waals surface area contributed by atoms with Gasteiger partial charge in [-0.3, -0.25) is 0 Å². The van der Waals surface area contributed by atoms with Crippen LogP contribution in [0.4, 0.5) is 5.69 Å². The van der Waals surface area contributed by atoms with Crippen molar-refractivity contribution in [2.75, 3.05) is 25.6 Å². The van der Waals surface area contributed by atoms with Gasteiger partial charge in [0, 0.05) is 46.8 Å². The van der Waals surface area contributed by atoms with E-state index in [1.807, 2.05) is 0 Å². The number of hydrogen-bond donors (Lipinski definition) is 0. The molecule has 2 aliphatic carbocycles. The van der Waals surface area contributed by atoms with Crippen LogP contribution in [0.5, 0.6) is 11.5 Å². The summed E-state index contributed by atoms with van der Waals surface area (Å²) in [5.41, 5.74) is 9.73. The summed E-state index contributed by atoms with van der Waals surface area (Å²) in [6.07, 6.45) is 12.0. The number of rotatable bonds is 5. The molecule has 3 heteroatoms. The topological polar surface area (TPSA) is 21.7 Å². The highest BCUT2D eigenvalue weighted by molar-refractivity contribution is 6.09. The Kier molecular flexibility index (Phi) is 8.13. The Labute approximate surface area is 305 Å². The molecular formula is C48H53NO2. The van der Waals surface area contributed by atoms with Crippen molar-refractivity contribution in [1.82, 2.24) is 0 Å². The van der Waals surface area contributed by atoms with Crippen LogP contribution in [-0.2, 0) is 11.0 Å². The van der Waals surface area contributed by atoms with Crippen molar-refractivity contribution in [3.8, 4) is 22.6 Å². The summed E-state index contributed by atoms with van der Waals surface area (Å²) in [6.45, 7) is 13.2. The maximum absolute atomic E-state index is 7.72. The summed E-state index contributed by atoms with van der Waals surface area (Å²) in [7, 11) is 3.90. The fraction of sp³-hybridized carbons (Fsp3) is 0.375. The molecule has 1 fully saturated rings. The summed E-state index contributed by atoms with van der Waals surface area (Å²) < 4.78 is 13.6. The van der Waals surface area contributed by atoms with Crippen molar-refractivity contribution in [2.24, 2.45) is 10.8 Å². The minimum absolute atomic E-state index is 0.158. The van der Waals surface area contributed by atoms with E-state index in [-0.39, 0.29) is 16.2 Å². The Morgan fingerprint density at radius 1 is 0.745 bits per heavy atom. The van der Waals surface area contributed by atoms with Gasteiger partial charge in [0.05, 0.1) is 7.11 Å². The number of nitrogens with zero attached hydrogens (tertiary/aromatic N) is 1. The molecule has 1 unspecified atom stereocenters. The third-order valence-corrected chi connectivity index (χ3v) is 12.4. The van der Waals surface area contributed by atoms with Crippen LogP contribution in [0, 0.1) is 10.8 Å². The average molecular weight is 676 g/mol. The molecule has 1 spiro atoms. The summed E-state index contributed by atoms with van der Waals surface area (Å²) >= 11 is 0. The van der Waals surface area contributed by atoms with Crippen LogP contribution in [0.25, 0.3) is 28.0 Å². The largest absolute Gasteiger partial charge is 0.497 e. The normalized spacial score (nSPS) is 21.1. The number of ether oxygens (including phenoxy) is 2. The van der Waals surface area contributed by atoms with Crippen LogP contribution >= 0.6 is 0 Å². The lowest BCUT2D eigenvalue weighted by molar-refractivity contribution is 0.161. The van der Waals surface area contributed by atoms with Crippen LogP contribution in [-0.4, -0.2) is 20.7 Å². The van der Waals surface area contributed by atoms with E-state index < -0.39 is 5.60 Å². The van der Waals surface area contributed by atoms with Crippen molar-refractivity contribution in [1.29, 1.82) is 0 Å². The van der Waals surface area contributed by atoms with E-state index in [4.69, 9.17) is 9.47 Å². The number of hydrogen-bond acceptors (Lipinski definition) is 3. The first-order valence-electron chi connectivity index (χ1n) is 19.0. The lowest BCUT2D eigenvalue weighted by Gasteiger charge is -2.45. The minimum Gasteiger partial charge on any atom is -0.497 e. The fourth-order valence-corrected chi connectivity index (χ4v) is 10.0. The Hall–Kier alpha value is -4.50. The predicted octanol–water partition coefficient (Wildman–Crippen LogP) is 12.3. The van der Waals surface area contributed by atoms with Crippen molar-refractivity contribution >= 4 is 22.5 Å². The first-order valence-corrected chi connectivity index (χ1v) is 19.0. The summed E-state index contributed by atoms with van der Waals surface area (Å²) in [6, 6.07) is 35.6. The van der Waals surface area contributed by atoms with E-state index in [0.29, 0.717) is 0 Å². The molecule has 1 aliphatic heterocycles. The molecule has 3 nitrogen and oxygen atoms in total. The molecule has 5 aromatic carbocycles. The van der Waals surface area contributed by atoms with Crippen molar-refractivity contribution in [2.45, 2.75) is 84.2 Å². The molecule has 0 radical (unpaired) electrons. The van der Waals surface area contributed by atoms with Crippen LogP contribution in [0.15, 0.2) is 103 Å². The fourth-order valence-electron chi connectivity index (χ4n) is 10.0. The lowest BCUT2D eigenvalue weighted by Crippen LogP contribution is -2.38. The number of fused-ring (bicyclic) bond motifs is 10. The van der Waals surface area contributed by atoms with Gasteiger partial charge < -0.3 is 14.4 Å². The first-order chi connectivity index (χ1) is 24.5. The number of anilines is 1. The smallest absolute Gasteiger partial charge is 0.178 e. The van der Waals surface area contributed by atoms with Crippen LogP contribution in [0.2, 0.25) is 0 Å². The van der Waals surface area contributed by atoms with Crippen LogP contribution in [0.3, 0.4) is 0 Å². The van der Waals surface area contributed by atoms with Gasteiger partial charge in [-0.05, 0) is 107 Å². The Balaban J connectivity index is 1.46. The molecular weight excluding hydrogens is 623 g/mol. The third kappa shape index (κ3) is 5.47. The van der Waals surface area contributed by atoms with Gasteiger partial charge in [0.1, 0.15) is 11.5 Å². The second-order valence-corrected chi connectivity index (χ2v) is 17.0. The van der Waals surface area contributed by atoms with Gasteiger partial charge in [0.2, 0.25) is 0 Å². The van der Waals surface area contributed by atoms with Gasteiger partial charge >= 0.3 is 0 Å². The summed E-state index contributed by atoms with van der Waals surface area (Å²) in [5, 5.41) is 2.34. The maximum Gasteiger partial charge on any atom is 0.178 e. The average Bonchev–Trinajstić information content (AvgIpc) is 3.43. The standard InChI is InChI=1S/C48H53NO2/c1-8-49(6)35-22-20-34(21-23-35)48(33-16-10-9-11-17-33)29-26-39-43-42(37-25-24-36(50-7)30-40(37)44(39)51-48)38-18-12-13-19-41(38)47(43)31-45(2,3)27-14-15-28-46(4,5)32-47/h9-13,16-26,29-30H,8,14-15,27-28,31-32H2,1-7H3. The number of benzene rings is 5. The SMILES string of the molecule is CCN(C)c1ccc(C2(c3ccccc3)C=Cc3c4c(c5ccc(OC)cc5c3O2)-c2ccccc2C42CC(C)(C)CCCCC(C)(C)C2)cc1. The van der Waals surface area contributed by atoms with Gasteiger partial charge in [-0.1, -0.05) is 113 Å². The molecule has 1 heterocycles. The quantitative estimate of drug-likeness (QED) is 0.185. The third-order valence-electron chi connectivity index (χ3n) is 12.4. The molecule has 5 aromatic rings. The van der Waals surface area contributed by atoms with E-state index in [2.05, 4.69) is 156 Å². The summed E-state index contributed by atoms with van der Waals surface area (Å²) in [4.78, 5) is 2.27. The zero-order chi connectivity index (χ0) is 35.6.